The monoisotopic (exact) mass is 511 g/mol. The molecule has 0 radical (unpaired) electrons. The second kappa shape index (κ2) is 9.04. The third kappa shape index (κ3) is 5.03. The molecule has 1 saturated heterocycles. The number of piperazine rings is 1. The van der Waals surface area contributed by atoms with Crippen molar-refractivity contribution in [3.8, 4) is 0 Å². The fraction of sp³-hybridized carbons (Fsp3) is 0.350. The van der Waals surface area contributed by atoms with Crippen LogP contribution in [0.5, 0.6) is 0 Å². The Hall–Kier alpha value is -2.70. The largest absolute Gasteiger partial charge is 0.416 e. The Morgan fingerprint density at radius 2 is 1.91 bits per heavy atom. The molecule has 4 rings (SSSR count). The highest BCUT2D eigenvalue weighted by Gasteiger charge is 2.34. The third-order valence-corrected chi connectivity index (χ3v) is 5.86. The fourth-order valence-electron chi connectivity index (χ4n) is 3.55. The predicted octanol–water partition coefficient (Wildman–Crippen LogP) is 3.90. The Morgan fingerprint density at radius 1 is 1.16 bits per heavy atom. The standard InChI is InChI=1S/C20H21BrF3N7O/c1-29-6-8-30(9-7-29)12-13-2-3-14(10-15(13)20(22,23)24)27-19(32)28-17-18-25-4-5-31(18)16(21)11-26-17/h2-5,10-11H,6-9,12H2,1H3,(H2,26,27,28,32). The van der Waals surface area contributed by atoms with Crippen molar-refractivity contribution in [3.05, 3.63) is 52.5 Å². The van der Waals surface area contributed by atoms with Crippen molar-refractivity contribution in [2.75, 3.05) is 43.9 Å². The quantitative estimate of drug-likeness (QED) is 0.555. The number of halogens is 4. The lowest BCUT2D eigenvalue weighted by molar-refractivity contribution is -0.138. The summed E-state index contributed by atoms with van der Waals surface area (Å²) >= 11 is 3.32. The summed E-state index contributed by atoms with van der Waals surface area (Å²) in [6.45, 7) is 3.25. The zero-order chi connectivity index (χ0) is 22.9. The zero-order valence-electron chi connectivity index (χ0n) is 17.2. The number of nitrogens with zero attached hydrogens (tertiary/aromatic N) is 5. The maximum Gasteiger partial charge on any atom is 0.416 e. The summed E-state index contributed by atoms with van der Waals surface area (Å²) in [5.41, 5.74) is -0.144. The molecule has 170 valence electrons. The van der Waals surface area contributed by atoms with Crippen LogP contribution >= 0.6 is 15.9 Å². The fourth-order valence-corrected chi connectivity index (χ4v) is 3.94. The lowest BCUT2D eigenvalue weighted by atomic mass is 10.0. The van der Waals surface area contributed by atoms with Crippen LogP contribution in [0.15, 0.2) is 41.4 Å². The van der Waals surface area contributed by atoms with Crippen molar-refractivity contribution in [1.29, 1.82) is 0 Å². The van der Waals surface area contributed by atoms with E-state index in [4.69, 9.17) is 0 Å². The van der Waals surface area contributed by atoms with Gasteiger partial charge in [0, 0.05) is 50.8 Å². The Labute approximate surface area is 190 Å². The number of nitrogens with one attached hydrogen (secondary N) is 2. The topological polar surface area (TPSA) is 77.8 Å². The highest BCUT2D eigenvalue weighted by atomic mass is 79.9. The lowest BCUT2D eigenvalue weighted by Gasteiger charge is -2.33. The molecular formula is C20H21BrF3N7O. The normalized spacial score (nSPS) is 15.8. The first-order chi connectivity index (χ1) is 15.2. The van der Waals surface area contributed by atoms with Gasteiger partial charge in [-0.15, -0.1) is 0 Å². The maximum atomic E-state index is 13.7. The van der Waals surface area contributed by atoms with Crippen molar-refractivity contribution < 1.29 is 18.0 Å². The summed E-state index contributed by atoms with van der Waals surface area (Å²) in [6.07, 6.45) is 0.170. The van der Waals surface area contributed by atoms with Crippen LogP contribution in [-0.2, 0) is 12.7 Å². The molecule has 0 spiro atoms. The van der Waals surface area contributed by atoms with E-state index in [0.717, 1.165) is 19.2 Å². The van der Waals surface area contributed by atoms with Crippen LogP contribution in [0.2, 0.25) is 0 Å². The van der Waals surface area contributed by atoms with Crippen LogP contribution in [0.4, 0.5) is 29.5 Å². The van der Waals surface area contributed by atoms with Crippen molar-refractivity contribution in [2.45, 2.75) is 12.7 Å². The molecule has 1 aliphatic heterocycles. The Kier molecular flexibility index (Phi) is 6.35. The number of amides is 2. The molecule has 0 atom stereocenters. The number of carbonyl (C=O) groups excluding carboxylic acids is 1. The van der Waals surface area contributed by atoms with Gasteiger partial charge in [-0.25, -0.2) is 14.8 Å². The number of carbonyl (C=O) groups is 1. The van der Waals surface area contributed by atoms with E-state index in [1.807, 2.05) is 11.9 Å². The van der Waals surface area contributed by atoms with E-state index >= 15 is 0 Å². The van der Waals surface area contributed by atoms with Crippen LogP contribution < -0.4 is 10.6 Å². The van der Waals surface area contributed by atoms with Gasteiger partial charge in [0.25, 0.3) is 0 Å². The van der Waals surface area contributed by atoms with Crippen LogP contribution in [-0.4, -0.2) is 63.4 Å². The zero-order valence-corrected chi connectivity index (χ0v) is 18.7. The molecule has 0 bridgehead atoms. The molecule has 3 aromatic rings. The Balaban J connectivity index is 1.50. The summed E-state index contributed by atoms with van der Waals surface area (Å²) in [6, 6.07) is 3.14. The Bertz CT molecular complexity index is 1130. The van der Waals surface area contributed by atoms with Gasteiger partial charge in [-0.1, -0.05) is 6.07 Å². The summed E-state index contributed by atoms with van der Waals surface area (Å²) in [5.74, 6) is 0.179. The van der Waals surface area contributed by atoms with Gasteiger partial charge in [0.1, 0.15) is 4.60 Å². The number of urea groups is 1. The number of likely N-dealkylation sites (N-methyl/N-ethyl adjacent to an activating group) is 1. The number of anilines is 2. The lowest BCUT2D eigenvalue weighted by Crippen LogP contribution is -2.44. The number of hydrogen-bond donors (Lipinski definition) is 2. The highest BCUT2D eigenvalue weighted by molar-refractivity contribution is 9.10. The van der Waals surface area contributed by atoms with Gasteiger partial charge in [-0.3, -0.25) is 14.6 Å². The van der Waals surface area contributed by atoms with Gasteiger partial charge >= 0.3 is 12.2 Å². The molecule has 0 aliphatic carbocycles. The minimum absolute atomic E-state index is 0.0356. The van der Waals surface area contributed by atoms with Gasteiger partial charge in [0.15, 0.2) is 11.5 Å². The molecule has 3 heterocycles. The molecule has 12 heteroatoms. The predicted molar refractivity (Wildman–Crippen MR) is 118 cm³/mol. The molecule has 1 fully saturated rings. The molecule has 1 aromatic carbocycles. The molecule has 2 amide bonds. The molecule has 0 unspecified atom stereocenters. The average Bonchev–Trinajstić information content (AvgIpc) is 3.23. The third-order valence-electron chi connectivity index (χ3n) is 5.28. The van der Waals surface area contributed by atoms with Gasteiger partial charge in [0.05, 0.1) is 11.8 Å². The first-order valence-corrected chi connectivity index (χ1v) is 10.7. The van der Waals surface area contributed by atoms with Gasteiger partial charge in [-0.2, -0.15) is 13.2 Å². The minimum atomic E-state index is -4.54. The second-order valence-corrected chi connectivity index (χ2v) is 8.39. The minimum Gasteiger partial charge on any atom is -0.308 e. The number of hydrogen-bond acceptors (Lipinski definition) is 5. The summed E-state index contributed by atoms with van der Waals surface area (Å²) < 4.78 is 43.5. The highest BCUT2D eigenvalue weighted by Crippen LogP contribution is 2.34. The van der Waals surface area contributed by atoms with E-state index in [9.17, 15) is 18.0 Å². The first-order valence-electron chi connectivity index (χ1n) is 9.87. The number of imidazole rings is 1. The van der Waals surface area contributed by atoms with E-state index in [0.29, 0.717) is 23.3 Å². The number of fused-ring (bicyclic) bond motifs is 1. The van der Waals surface area contributed by atoms with E-state index in [1.165, 1.54) is 18.3 Å². The molecular weight excluding hydrogens is 491 g/mol. The first kappa shape index (κ1) is 22.5. The van der Waals surface area contributed by atoms with Crippen LogP contribution in [0.1, 0.15) is 11.1 Å². The molecule has 2 aromatic heterocycles. The van der Waals surface area contributed by atoms with Crippen molar-refractivity contribution in [1.82, 2.24) is 24.2 Å². The van der Waals surface area contributed by atoms with Gasteiger partial charge in [-0.05, 0) is 40.7 Å². The van der Waals surface area contributed by atoms with E-state index in [2.05, 4.69) is 41.4 Å². The molecule has 8 nitrogen and oxygen atoms in total. The van der Waals surface area contributed by atoms with Crippen molar-refractivity contribution in [2.24, 2.45) is 0 Å². The summed E-state index contributed by atoms with van der Waals surface area (Å²) in [4.78, 5) is 24.8. The SMILES string of the molecule is CN1CCN(Cc2ccc(NC(=O)Nc3ncc(Br)n4ccnc34)cc2C(F)(F)F)CC1. The average molecular weight is 512 g/mol. The van der Waals surface area contributed by atoms with E-state index < -0.39 is 17.8 Å². The molecule has 2 N–H and O–H groups in total. The second-order valence-electron chi connectivity index (χ2n) is 7.58. The van der Waals surface area contributed by atoms with Crippen LogP contribution in [0.25, 0.3) is 5.65 Å². The molecule has 1 aliphatic rings. The van der Waals surface area contributed by atoms with E-state index in [1.54, 1.807) is 16.8 Å². The smallest absolute Gasteiger partial charge is 0.308 e. The van der Waals surface area contributed by atoms with Gasteiger partial charge in [0.2, 0.25) is 0 Å². The van der Waals surface area contributed by atoms with Gasteiger partial charge < -0.3 is 10.2 Å². The molecule has 0 saturated carbocycles. The van der Waals surface area contributed by atoms with Crippen LogP contribution in [0.3, 0.4) is 0 Å². The Morgan fingerprint density at radius 3 is 2.62 bits per heavy atom. The number of rotatable bonds is 4. The van der Waals surface area contributed by atoms with Crippen molar-refractivity contribution >= 4 is 39.1 Å². The number of aromatic nitrogens is 3. The summed E-state index contributed by atoms with van der Waals surface area (Å²) in [7, 11) is 1.99. The van der Waals surface area contributed by atoms with Crippen molar-refractivity contribution in [3.63, 3.8) is 0 Å². The van der Waals surface area contributed by atoms with Crippen LogP contribution in [0, 0.1) is 0 Å². The maximum absolute atomic E-state index is 13.7. The molecule has 32 heavy (non-hydrogen) atoms. The summed E-state index contributed by atoms with van der Waals surface area (Å²) in [5, 5.41) is 4.98. The number of alkyl halides is 3. The number of benzene rings is 1. The van der Waals surface area contributed by atoms with E-state index in [-0.39, 0.29) is 23.6 Å².